The van der Waals surface area contributed by atoms with Crippen LogP contribution in [0.2, 0.25) is 0 Å². The maximum atomic E-state index is 4.04. The summed E-state index contributed by atoms with van der Waals surface area (Å²) in [5.74, 6) is 0. The zero-order valence-electron chi connectivity index (χ0n) is 10.7. The van der Waals surface area contributed by atoms with Gasteiger partial charge in [-0.3, -0.25) is 0 Å². The Morgan fingerprint density at radius 1 is 1.00 bits per heavy atom. The van der Waals surface area contributed by atoms with Gasteiger partial charge in [0, 0.05) is 0 Å². The first-order valence-corrected chi connectivity index (χ1v) is 5.91. The van der Waals surface area contributed by atoms with Crippen LogP contribution >= 0.6 is 0 Å². The largest absolute Gasteiger partial charge is 0.0909 e. The monoisotopic (exact) mass is 204 g/mol. The lowest BCUT2D eigenvalue weighted by Gasteiger charge is -2.27. The zero-order chi connectivity index (χ0) is 11.6. The smallest absolute Gasteiger partial charge is 0.0224 e. The minimum Gasteiger partial charge on any atom is -0.0909 e. The SMILES string of the molecule is C=C1C(=C)C(CCCCC(C)(C)C)=C1C. The van der Waals surface area contributed by atoms with Gasteiger partial charge in [0.2, 0.25) is 0 Å². The lowest BCUT2D eigenvalue weighted by Crippen LogP contribution is -2.09. The van der Waals surface area contributed by atoms with Gasteiger partial charge in [0.05, 0.1) is 0 Å². The van der Waals surface area contributed by atoms with Crippen molar-refractivity contribution >= 4 is 0 Å². The Balaban J connectivity index is 2.29. The number of hydrogen-bond acceptors (Lipinski definition) is 0. The maximum absolute atomic E-state index is 4.04. The second kappa shape index (κ2) is 4.38. The van der Waals surface area contributed by atoms with Crippen LogP contribution in [-0.4, -0.2) is 0 Å². The van der Waals surface area contributed by atoms with Gasteiger partial charge in [0.1, 0.15) is 0 Å². The third-order valence-electron chi connectivity index (χ3n) is 3.24. The molecular formula is C15H24. The fraction of sp³-hybridized carbons (Fsp3) is 0.600. The van der Waals surface area contributed by atoms with E-state index >= 15 is 0 Å². The van der Waals surface area contributed by atoms with E-state index in [1.165, 1.54) is 48.0 Å². The summed E-state index contributed by atoms with van der Waals surface area (Å²) >= 11 is 0. The quantitative estimate of drug-likeness (QED) is 0.563. The van der Waals surface area contributed by atoms with Gasteiger partial charge in [-0.25, -0.2) is 0 Å². The molecule has 0 fully saturated rings. The molecule has 0 aromatic rings. The van der Waals surface area contributed by atoms with E-state index in [4.69, 9.17) is 0 Å². The zero-order valence-corrected chi connectivity index (χ0v) is 10.7. The Hall–Kier alpha value is -0.780. The fourth-order valence-corrected chi connectivity index (χ4v) is 2.05. The van der Waals surface area contributed by atoms with E-state index in [0.717, 1.165) is 0 Å². The molecule has 0 radical (unpaired) electrons. The molecule has 84 valence electrons. The van der Waals surface area contributed by atoms with Crippen LogP contribution < -0.4 is 0 Å². The molecule has 1 aliphatic carbocycles. The van der Waals surface area contributed by atoms with Gasteiger partial charge in [-0.15, -0.1) is 0 Å². The Labute approximate surface area is 94.8 Å². The molecule has 0 amide bonds. The average molecular weight is 204 g/mol. The Morgan fingerprint density at radius 3 is 2.07 bits per heavy atom. The van der Waals surface area contributed by atoms with Gasteiger partial charge in [0.25, 0.3) is 0 Å². The highest BCUT2D eigenvalue weighted by Gasteiger charge is 2.21. The topological polar surface area (TPSA) is 0 Å². The minimum absolute atomic E-state index is 0.476. The van der Waals surface area contributed by atoms with E-state index in [1.54, 1.807) is 0 Å². The van der Waals surface area contributed by atoms with Crippen LogP contribution in [0.15, 0.2) is 35.5 Å². The highest BCUT2D eigenvalue weighted by atomic mass is 14.3. The van der Waals surface area contributed by atoms with E-state index < -0.39 is 0 Å². The molecule has 0 aliphatic heterocycles. The van der Waals surface area contributed by atoms with Gasteiger partial charge in [-0.05, 0) is 53.9 Å². The summed E-state index contributed by atoms with van der Waals surface area (Å²) in [5.41, 5.74) is 5.69. The van der Waals surface area contributed by atoms with Crippen LogP contribution in [0.5, 0.6) is 0 Å². The van der Waals surface area contributed by atoms with Crippen LogP contribution in [0, 0.1) is 5.41 Å². The van der Waals surface area contributed by atoms with Gasteiger partial charge in [-0.2, -0.15) is 0 Å². The van der Waals surface area contributed by atoms with E-state index in [2.05, 4.69) is 40.9 Å². The van der Waals surface area contributed by atoms with Crippen molar-refractivity contribution in [3.63, 3.8) is 0 Å². The highest BCUT2D eigenvalue weighted by molar-refractivity contribution is 5.66. The molecule has 0 bridgehead atoms. The predicted molar refractivity (Wildman–Crippen MR) is 68.9 cm³/mol. The molecule has 1 aliphatic rings. The molecule has 0 heterocycles. The van der Waals surface area contributed by atoms with Crippen LogP contribution in [0.1, 0.15) is 53.4 Å². The van der Waals surface area contributed by atoms with Gasteiger partial charge in [-0.1, -0.05) is 40.3 Å². The van der Waals surface area contributed by atoms with Crippen LogP contribution in [0.3, 0.4) is 0 Å². The van der Waals surface area contributed by atoms with Crippen molar-refractivity contribution in [3.05, 3.63) is 35.5 Å². The Bertz CT molecular complexity index is 307. The van der Waals surface area contributed by atoms with Crippen LogP contribution in [0.4, 0.5) is 0 Å². The standard InChI is InChI=1S/C15H24/c1-11-12(2)14(13(11)3)9-7-8-10-15(4,5)6/h1-2,7-10H2,3-6H3. The molecule has 0 aromatic carbocycles. The van der Waals surface area contributed by atoms with Crippen LogP contribution in [-0.2, 0) is 0 Å². The van der Waals surface area contributed by atoms with E-state index in [0.29, 0.717) is 5.41 Å². The summed E-state index contributed by atoms with van der Waals surface area (Å²) in [6.45, 7) is 17.1. The third kappa shape index (κ3) is 3.09. The molecule has 0 spiro atoms. The first-order chi connectivity index (χ1) is 6.83. The fourth-order valence-electron chi connectivity index (χ4n) is 2.05. The van der Waals surface area contributed by atoms with Gasteiger partial charge < -0.3 is 0 Å². The van der Waals surface area contributed by atoms with Crippen molar-refractivity contribution in [2.45, 2.75) is 53.4 Å². The number of hydrogen-bond donors (Lipinski definition) is 0. The molecule has 0 saturated heterocycles. The molecule has 15 heavy (non-hydrogen) atoms. The van der Waals surface area contributed by atoms with Gasteiger partial charge >= 0.3 is 0 Å². The summed E-state index contributed by atoms with van der Waals surface area (Å²) in [7, 11) is 0. The van der Waals surface area contributed by atoms with Crippen molar-refractivity contribution in [2.75, 3.05) is 0 Å². The summed E-state index contributed by atoms with van der Waals surface area (Å²) in [4.78, 5) is 0. The number of rotatable bonds is 4. The molecule has 0 unspecified atom stereocenters. The summed E-state index contributed by atoms with van der Waals surface area (Å²) in [5, 5.41) is 0. The molecule has 0 aromatic heterocycles. The van der Waals surface area contributed by atoms with Crippen LogP contribution in [0.25, 0.3) is 0 Å². The summed E-state index contributed by atoms with van der Waals surface area (Å²) in [6.07, 6.45) is 5.11. The molecule has 0 N–H and O–H groups in total. The lowest BCUT2D eigenvalue weighted by molar-refractivity contribution is 0.360. The number of unbranched alkanes of at least 4 members (excludes halogenated alkanes) is 1. The molecule has 0 atom stereocenters. The molecular weight excluding hydrogens is 180 g/mol. The minimum atomic E-state index is 0.476. The lowest BCUT2D eigenvalue weighted by atomic mass is 9.77. The van der Waals surface area contributed by atoms with E-state index in [1.807, 2.05) is 0 Å². The molecule has 0 heteroatoms. The van der Waals surface area contributed by atoms with Crippen molar-refractivity contribution in [2.24, 2.45) is 5.41 Å². The second-order valence-corrected chi connectivity index (χ2v) is 5.83. The highest BCUT2D eigenvalue weighted by Crippen LogP contribution is 2.40. The second-order valence-electron chi connectivity index (χ2n) is 5.83. The van der Waals surface area contributed by atoms with Gasteiger partial charge in [0.15, 0.2) is 0 Å². The van der Waals surface area contributed by atoms with Crippen molar-refractivity contribution < 1.29 is 0 Å². The van der Waals surface area contributed by atoms with E-state index in [-0.39, 0.29) is 0 Å². The third-order valence-corrected chi connectivity index (χ3v) is 3.24. The van der Waals surface area contributed by atoms with Crippen molar-refractivity contribution in [1.82, 2.24) is 0 Å². The maximum Gasteiger partial charge on any atom is -0.0224 e. The Morgan fingerprint density at radius 2 is 1.60 bits per heavy atom. The predicted octanol–water partition coefficient (Wildman–Crippen LogP) is 5.04. The summed E-state index contributed by atoms with van der Waals surface area (Å²) < 4.78 is 0. The molecule has 0 nitrogen and oxygen atoms in total. The normalized spacial score (nSPS) is 17.1. The first-order valence-electron chi connectivity index (χ1n) is 5.91. The van der Waals surface area contributed by atoms with E-state index in [9.17, 15) is 0 Å². The Kier molecular flexibility index (Phi) is 3.59. The number of allylic oxidation sites excluding steroid dienone is 4. The first kappa shape index (κ1) is 12.3. The van der Waals surface area contributed by atoms with Crippen molar-refractivity contribution in [1.29, 1.82) is 0 Å². The summed E-state index contributed by atoms with van der Waals surface area (Å²) in [6, 6.07) is 0. The molecule has 0 saturated carbocycles. The average Bonchev–Trinajstić information content (AvgIpc) is 2.14. The van der Waals surface area contributed by atoms with Crippen molar-refractivity contribution in [3.8, 4) is 0 Å². The molecule has 1 rings (SSSR count).